The van der Waals surface area contributed by atoms with Gasteiger partial charge in [-0.2, -0.15) is 4.80 Å². The highest BCUT2D eigenvalue weighted by atomic mass is 16.1. The Morgan fingerprint density at radius 1 is 1.03 bits per heavy atom. The number of nitrogens with two attached hydrogens (primary N) is 1. The van der Waals surface area contributed by atoms with E-state index in [0.29, 0.717) is 17.9 Å². The molecule has 1 saturated carbocycles. The molecule has 3 N–H and O–H groups in total. The van der Waals surface area contributed by atoms with Gasteiger partial charge in [-0.05, 0) is 61.6 Å². The monoisotopic (exact) mass is 390 g/mol. The second-order valence-corrected chi connectivity index (χ2v) is 7.51. The molecule has 1 aliphatic rings. The van der Waals surface area contributed by atoms with Gasteiger partial charge in [-0.3, -0.25) is 4.79 Å². The summed E-state index contributed by atoms with van der Waals surface area (Å²) in [6.45, 7) is 0.613. The lowest BCUT2D eigenvalue weighted by Crippen LogP contribution is -2.38. The molecule has 150 valence electrons. The van der Waals surface area contributed by atoms with Gasteiger partial charge >= 0.3 is 0 Å². The van der Waals surface area contributed by atoms with Gasteiger partial charge in [-0.25, -0.2) is 0 Å². The molecule has 0 spiro atoms. The van der Waals surface area contributed by atoms with Gasteiger partial charge in [0.1, 0.15) is 0 Å². The van der Waals surface area contributed by atoms with Crippen molar-refractivity contribution < 1.29 is 4.79 Å². The first-order valence-corrected chi connectivity index (χ1v) is 10.2. The number of carbonyl (C=O) groups excluding carboxylic acids is 1. The zero-order valence-electron chi connectivity index (χ0n) is 16.4. The molecule has 0 aliphatic heterocycles. The average Bonchev–Trinajstić information content (AvgIpc) is 3.26. The highest BCUT2D eigenvalue weighted by Crippen LogP contribution is 2.28. The summed E-state index contributed by atoms with van der Waals surface area (Å²) >= 11 is 0. The summed E-state index contributed by atoms with van der Waals surface area (Å²) in [6.07, 6.45) is 4.48. The molecule has 0 atom stereocenters. The fourth-order valence-corrected chi connectivity index (χ4v) is 3.79. The van der Waals surface area contributed by atoms with Crippen molar-refractivity contribution in [1.29, 1.82) is 0 Å². The van der Waals surface area contributed by atoms with Crippen molar-refractivity contribution in [2.75, 3.05) is 6.54 Å². The maximum absolute atomic E-state index is 12.5. The first kappa shape index (κ1) is 19.3. The van der Waals surface area contributed by atoms with E-state index in [1.165, 1.54) is 0 Å². The largest absolute Gasteiger partial charge is 0.349 e. The van der Waals surface area contributed by atoms with Gasteiger partial charge in [-0.1, -0.05) is 42.5 Å². The van der Waals surface area contributed by atoms with Crippen LogP contribution in [0.2, 0.25) is 0 Å². The second-order valence-electron chi connectivity index (χ2n) is 7.51. The minimum atomic E-state index is -0.0157. The number of tetrazole rings is 1. The predicted molar refractivity (Wildman–Crippen MR) is 111 cm³/mol. The molecule has 1 fully saturated rings. The van der Waals surface area contributed by atoms with Crippen molar-refractivity contribution >= 4 is 5.91 Å². The van der Waals surface area contributed by atoms with Gasteiger partial charge in [0.2, 0.25) is 5.82 Å². The second kappa shape index (κ2) is 8.96. The van der Waals surface area contributed by atoms with Crippen molar-refractivity contribution in [3.8, 4) is 11.4 Å². The van der Waals surface area contributed by atoms with Crippen LogP contribution < -0.4 is 11.1 Å². The lowest BCUT2D eigenvalue weighted by atomic mass is 9.91. The van der Waals surface area contributed by atoms with E-state index in [1.54, 1.807) is 4.80 Å². The van der Waals surface area contributed by atoms with Crippen molar-refractivity contribution in [3.05, 3.63) is 65.7 Å². The molecule has 0 saturated heterocycles. The van der Waals surface area contributed by atoms with Crippen LogP contribution in [-0.4, -0.2) is 38.7 Å². The van der Waals surface area contributed by atoms with Crippen molar-refractivity contribution in [3.63, 3.8) is 0 Å². The van der Waals surface area contributed by atoms with Gasteiger partial charge < -0.3 is 11.1 Å². The normalized spacial score (nSPS) is 19.1. The van der Waals surface area contributed by atoms with E-state index in [4.69, 9.17) is 5.73 Å². The fourth-order valence-electron chi connectivity index (χ4n) is 3.79. The Balaban J connectivity index is 1.30. The maximum atomic E-state index is 12.5. The minimum Gasteiger partial charge on any atom is -0.349 e. The third-order valence-electron chi connectivity index (χ3n) is 5.47. The zero-order valence-corrected chi connectivity index (χ0v) is 16.4. The van der Waals surface area contributed by atoms with E-state index in [0.717, 1.165) is 43.2 Å². The Kier molecular flexibility index (Phi) is 5.95. The van der Waals surface area contributed by atoms with E-state index in [9.17, 15) is 4.79 Å². The van der Waals surface area contributed by atoms with Crippen molar-refractivity contribution in [2.45, 2.75) is 44.2 Å². The first-order valence-electron chi connectivity index (χ1n) is 10.2. The summed E-state index contributed by atoms with van der Waals surface area (Å²) in [6, 6.07) is 18.0. The van der Waals surface area contributed by atoms with E-state index in [-0.39, 0.29) is 18.0 Å². The molecule has 1 amide bonds. The van der Waals surface area contributed by atoms with Crippen LogP contribution in [0.4, 0.5) is 0 Å². The molecule has 1 aliphatic carbocycles. The smallest absolute Gasteiger partial charge is 0.251 e. The Morgan fingerprint density at radius 3 is 2.45 bits per heavy atom. The van der Waals surface area contributed by atoms with Gasteiger partial charge in [-0.15, -0.1) is 10.2 Å². The number of benzene rings is 2. The topological polar surface area (TPSA) is 98.7 Å². The fraction of sp³-hybridized carbons (Fsp3) is 0.364. The number of carbonyl (C=O) groups is 1. The van der Waals surface area contributed by atoms with Crippen LogP contribution >= 0.6 is 0 Å². The first-order chi connectivity index (χ1) is 14.2. The molecule has 29 heavy (non-hydrogen) atoms. The van der Waals surface area contributed by atoms with Gasteiger partial charge in [0, 0.05) is 17.2 Å². The molecule has 0 bridgehead atoms. The summed E-state index contributed by atoms with van der Waals surface area (Å²) in [4.78, 5) is 14.3. The molecule has 0 unspecified atom stereocenters. The lowest BCUT2D eigenvalue weighted by Gasteiger charge is -2.28. The molecule has 7 heteroatoms. The lowest BCUT2D eigenvalue weighted by molar-refractivity contribution is 0.0920. The van der Waals surface area contributed by atoms with Gasteiger partial charge in [0.25, 0.3) is 5.91 Å². The van der Waals surface area contributed by atoms with Crippen molar-refractivity contribution in [1.82, 2.24) is 25.5 Å². The van der Waals surface area contributed by atoms with Gasteiger partial charge in [0.05, 0.1) is 6.04 Å². The van der Waals surface area contributed by atoms with E-state index >= 15 is 0 Å². The predicted octanol–water partition coefficient (Wildman–Crippen LogP) is 2.75. The number of hydrogen-bond acceptors (Lipinski definition) is 5. The number of nitrogens with one attached hydrogen (secondary N) is 1. The third-order valence-corrected chi connectivity index (χ3v) is 5.47. The SMILES string of the molecule is NCCc1ccc(C(=O)NC2CCC(n3nnc(-c4ccccc4)n3)CC2)cc1. The molecule has 4 rings (SSSR count). The average molecular weight is 390 g/mol. The summed E-state index contributed by atoms with van der Waals surface area (Å²) < 4.78 is 0. The molecular weight excluding hydrogens is 364 g/mol. The van der Waals surface area contributed by atoms with Crippen LogP contribution in [0.25, 0.3) is 11.4 Å². The highest BCUT2D eigenvalue weighted by Gasteiger charge is 2.25. The van der Waals surface area contributed by atoms with Crippen LogP contribution in [0.5, 0.6) is 0 Å². The minimum absolute atomic E-state index is 0.0157. The van der Waals surface area contributed by atoms with Gasteiger partial charge in [0.15, 0.2) is 0 Å². The number of rotatable bonds is 6. The number of hydrogen-bond donors (Lipinski definition) is 2. The summed E-state index contributed by atoms with van der Waals surface area (Å²) in [5.41, 5.74) is 8.39. The third kappa shape index (κ3) is 4.68. The van der Waals surface area contributed by atoms with Crippen LogP contribution in [0.1, 0.15) is 47.6 Å². The number of aromatic nitrogens is 4. The molecule has 0 radical (unpaired) electrons. The highest BCUT2D eigenvalue weighted by molar-refractivity contribution is 5.94. The summed E-state index contributed by atoms with van der Waals surface area (Å²) in [7, 11) is 0. The zero-order chi connectivity index (χ0) is 20.1. The van der Waals surface area contributed by atoms with Crippen molar-refractivity contribution in [2.24, 2.45) is 5.73 Å². The quantitative estimate of drug-likeness (QED) is 0.674. The molecule has 7 nitrogen and oxygen atoms in total. The molecule has 3 aromatic rings. The summed E-state index contributed by atoms with van der Waals surface area (Å²) in [5.74, 6) is 0.636. The Hall–Kier alpha value is -3.06. The summed E-state index contributed by atoms with van der Waals surface area (Å²) in [5, 5.41) is 16.2. The molecular formula is C22H26N6O. The number of nitrogens with zero attached hydrogens (tertiary/aromatic N) is 4. The Bertz CT molecular complexity index is 929. The Morgan fingerprint density at radius 2 is 1.76 bits per heavy atom. The number of amides is 1. The van der Waals surface area contributed by atoms with Crippen LogP contribution in [0.15, 0.2) is 54.6 Å². The van der Waals surface area contributed by atoms with Crippen LogP contribution in [-0.2, 0) is 6.42 Å². The standard InChI is InChI=1S/C22H26N6O/c23-15-14-16-6-8-18(9-7-16)22(29)24-19-10-12-20(13-11-19)28-26-21(25-27-28)17-4-2-1-3-5-17/h1-9,19-20H,10-15,23H2,(H,24,29). The Labute approximate surface area is 170 Å². The van der Waals surface area contributed by atoms with E-state index in [1.807, 2.05) is 54.6 Å². The van der Waals surface area contributed by atoms with E-state index < -0.39 is 0 Å². The molecule has 2 aromatic carbocycles. The van der Waals surface area contributed by atoms with Crippen LogP contribution in [0, 0.1) is 0 Å². The van der Waals surface area contributed by atoms with E-state index in [2.05, 4.69) is 20.7 Å². The molecule has 1 aromatic heterocycles. The molecule has 1 heterocycles. The maximum Gasteiger partial charge on any atom is 0.251 e. The van der Waals surface area contributed by atoms with Crippen LogP contribution in [0.3, 0.4) is 0 Å².